The second kappa shape index (κ2) is 10.6. The summed E-state index contributed by atoms with van der Waals surface area (Å²) in [7, 11) is -3.63. The van der Waals surface area contributed by atoms with Gasteiger partial charge in [-0.1, -0.05) is 25.8 Å². The van der Waals surface area contributed by atoms with Gasteiger partial charge in [-0.3, -0.25) is 9.69 Å². The van der Waals surface area contributed by atoms with E-state index in [-0.39, 0.29) is 10.8 Å². The van der Waals surface area contributed by atoms with Crippen LogP contribution >= 0.6 is 0 Å². The molecule has 8 heteroatoms. The van der Waals surface area contributed by atoms with Crippen LogP contribution in [0.5, 0.6) is 0 Å². The molecular weight excluding hydrogens is 354 g/mol. The Balaban J connectivity index is 1.88. The minimum atomic E-state index is -3.63. The second-order valence-electron chi connectivity index (χ2n) is 6.34. The topological polar surface area (TPSA) is 87.7 Å². The number of benzene rings is 1. The van der Waals surface area contributed by atoms with Crippen molar-refractivity contribution in [2.75, 3.05) is 45.9 Å². The smallest absolute Gasteiger partial charge is 0.251 e. The number of unbranched alkanes of at least 4 members (excludes halogenated alkanes) is 2. The number of rotatable bonds is 10. The van der Waals surface area contributed by atoms with Crippen molar-refractivity contribution in [3.05, 3.63) is 29.8 Å². The van der Waals surface area contributed by atoms with E-state index in [1.165, 1.54) is 12.1 Å². The highest BCUT2D eigenvalue weighted by Crippen LogP contribution is 2.11. The average molecular weight is 384 g/mol. The molecule has 1 aromatic carbocycles. The SMILES string of the molecule is CCCCCNC(=O)c1cccc(S(=O)(=O)NCCN2CCOCC2)c1. The lowest BCUT2D eigenvalue weighted by Crippen LogP contribution is -2.41. The maximum atomic E-state index is 12.5. The van der Waals surface area contributed by atoms with Gasteiger partial charge in [-0.2, -0.15) is 0 Å². The first-order valence-corrected chi connectivity index (χ1v) is 10.7. The summed E-state index contributed by atoms with van der Waals surface area (Å²) in [5, 5.41) is 2.83. The first-order valence-electron chi connectivity index (χ1n) is 9.21. The summed E-state index contributed by atoms with van der Waals surface area (Å²) in [6.07, 6.45) is 3.06. The molecule has 1 amide bonds. The number of amides is 1. The lowest BCUT2D eigenvalue weighted by molar-refractivity contribution is 0.0390. The highest BCUT2D eigenvalue weighted by Gasteiger charge is 2.17. The van der Waals surface area contributed by atoms with E-state index in [2.05, 4.69) is 21.9 Å². The molecule has 2 rings (SSSR count). The van der Waals surface area contributed by atoms with Crippen LogP contribution < -0.4 is 10.0 Å². The third-order valence-electron chi connectivity index (χ3n) is 4.30. The van der Waals surface area contributed by atoms with Gasteiger partial charge in [0.2, 0.25) is 10.0 Å². The molecule has 2 N–H and O–H groups in total. The molecule has 1 aliphatic heterocycles. The molecule has 0 atom stereocenters. The van der Waals surface area contributed by atoms with Crippen LogP contribution in [0.25, 0.3) is 0 Å². The summed E-state index contributed by atoms with van der Waals surface area (Å²) >= 11 is 0. The van der Waals surface area contributed by atoms with Gasteiger partial charge in [0.25, 0.3) is 5.91 Å². The summed E-state index contributed by atoms with van der Waals surface area (Å²) in [4.78, 5) is 14.4. The lowest BCUT2D eigenvalue weighted by Gasteiger charge is -2.26. The molecule has 0 aromatic heterocycles. The number of carbonyl (C=O) groups is 1. The normalized spacial score (nSPS) is 15.7. The summed E-state index contributed by atoms with van der Waals surface area (Å²) in [6.45, 7) is 6.66. The molecule has 0 aliphatic carbocycles. The van der Waals surface area contributed by atoms with E-state index in [9.17, 15) is 13.2 Å². The predicted octanol–water partition coefficient (Wildman–Crippen LogP) is 1.22. The molecular formula is C18H29N3O4S. The quantitative estimate of drug-likeness (QED) is 0.593. The number of morpholine rings is 1. The summed E-state index contributed by atoms with van der Waals surface area (Å²) in [5.74, 6) is -0.244. The monoisotopic (exact) mass is 383 g/mol. The minimum absolute atomic E-state index is 0.112. The van der Waals surface area contributed by atoms with Gasteiger partial charge < -0.3 is 10.1 Å². The average Bonchev–Trinajstić information content (AvgIpc) is 2.66. The van der Waals surface area contributed by atoms with Gasteiger partial charge in [0.1, 0.15) is 0 Å². The van der Waals surface area contributed by atoms with Gasteiger partial charge >= 0.3 is 0 Å². The Kier molecular flexibility index (Phi) is 8.50. The van der Waals surface area contributed by atoms with E-state index in [0.29, 0.717) is 38.4 Å². The van der Waals surface area contributed by atoms with E-state index in [0.717, 1.165) is 32.4 Å². The van der Waals surface area contributed by atoms with Gasteiger partial charge in [0.15, 0.2) is 0 Å². The van der Waals surface area contributed by atoms with Crippen LogP contribution in [0.4, 0.5) is 0 Å². The molecule has 0 bridgehead atoms. The largest absolute Gasteiger partial charge is 0.379 e. The molecule has 146 valence electrons. The van der Waals surface area contributed by atoms with Crippen molar-refractivity contribution in [2.45, 2.75) is 31.1 Å². The number of ether oxygens (including phenoxy) is 1. The van der Waals surface area contributed by atoms with E-state index >= 15 is 0 Å². The zero-order chi connectivity index (χ0) is 18.8. The van der Waals surface area contributed by atoms with Crippen LogP contribution in [0.2, 0.25) is 0 Å². The maximum Gasteiger partial charge on any atom is 0.251 e. The Bertz CT molecular complexity index is 673. The van der Waals surface area contributed by atoms with Gasteiger partial charge in [-0.25, -0.2) is 13.1 Å². The third-order valence-corrected chi connectivity index (χ3v) is 5.75. The minimum Gasteiger partial charge on any atom is -0.379 e. The van der Waals surface area contributed by atoms with E-state index in [1.54, 1.807) is 12.1 Å². The molecule has 1 aliphatic rings. The first kappa shape index (κ1) is 20.8. The molecule has 26 heavy (non-hydrogen) atoms. The Hall–Kier alpha value is -1.48. The number of nitrogens with one attached hydrogen (secondary N) is 2. The molecule has 1 heterocycles. The Labute approximate surface area is 156 Å². The fraction of sp³-hybridized carbons (Fsp3) is 0.611. The molecule has 1 saturated heterocycles. The van der Waals surface area contributed by atoms with Crippen molar-refractivity contribution in [3.63, 3.8) is 0 Å². The van der Waals surface area contributed by atoms with Crippen LogP contribution in [0, 0.1) is 0 Å². The number of nitrogens with zero attached hydrogens (tertiary/aromatic N) is 1. The van der Waals surface area contributed by atoms with Crippen molar-refractivity contribution in [2.24, 2.45) is 0 Å². The fourth-order valence-electron chi connectivity index (χ4n) is 2.73. The van der Waals surface area contributed by atoms with Crippen LogP contribution in [-0.4, -0.2) is 65.2 Å². The molecule has 7 nitrogen and oxygen atoms in total. The van der Waals surface area contributed by atoms with Crippen molar-refractivity contribution >= 4 is 15.9 Å². The number of carbonyl (C=O) groups excluding carboxylic acids is 1. The molecule has 0 radical (unpaired) electrons. The van der Waals surface area contributed by atoms with E-state index in [4.69, 9.17) is 4.74 Å². The summed E-state index contributed by atoms with van der Waals surface area (Å²) < 4.78 is 32.8. The van der Waals surface area contributed by atoms with E-state index < -0.39 is 10.0 Å². The van der Waals surface area contributed by atoms with Crippen molar-refractivity contribution < 1.29 is 17.9 Å². The molecule has 1 fully saturated rings. The standard InChI is InChI=1S/C18H29N3O4S/c1-2-3-4-8-19-18(22)16-6-5-7-17(15-16)26(23,24)20-9-10-21-11-13-25-14-12-21/h5-7,15,20H,2-4,8-14H2,1H3,(H,19,22). The van der Waals surface area contributed by atoms with Crippen molar-refractivity contribution in [1.82, 2.24) is 14.9 Å². The molecule has 0 spiro atoms. The number of hydrogen-bond donors (Lipinski definition) is 2. The zero-order valence-corrected chi connectivity index (χ0v) is 16.2. The lowest BCUT2D eigenvalue weighted by atomic mass is 10.2. The Morgan fingerprint density at radius 2 is 1.96 bits per heavy atom. The van der Waals surface area contributed by atoms with Crippen LogP contribution in [0.15, 0.2) is 29.2 Å². The maximum absolute atomic E-state index is 12.5. The molecule has 0 saturated carbocycles. The van der Waals surface area contributed by atoms with Gasteiger partial charge in [0, 0.05) is 38.3 Å². The Morgan fingerprint density at radius 1 is 1.19 bits per heavy atom. The molecule has 0 unspecified atom stereocenters. The van der Waals surface area contributed by atoms with Crippen molar-refractivity contribution in [1.29, 1.82) is 0 Å². The third kappa shape index (κ3) is 6.68. The zero-order valence-electron chi connectivity index (χ0n) is 15.4. The Morgan fingerprint density at radius 3 is 2.69 bits per heavy atom. The first-order chi connectivity index (χ1) is 12.5. The van der Waals surface area contributed by atoms with E-state index in [1.807, 2.05) is 0 Å². The highest BCUT2D eigenvalue weighted by atomic mass is 32.2. The summed E-state index contributed by atoms with van der Waals surface area (Å²) in [5.41, 5.74) is 0.359. The van der Waals surface area contributed by atoms with Gasteiger partial charge in [-0.15, -0.1) is 0 Å². The van der Waals surface area contributed by atoms with Gasteiger partial charge in [0.05, 0.1) is 18.1 Å². The second-order valence-corrected chi connectivity index (χ2v) is 8.11. The van der Waals surface area contributed by atoms with Gasteiger partial charge in [-0.05, 0) is 24.6 Å². The van der Waals surface area contributed by atoms with Crippen LogP contribution in [0.1, 0.15) is 36.5 Å². The number of sulfonamides is 1. The van der Waals surface area contributed by atoms with Crippen LogP contribution in [0.3, 0.4) is 0 Å². The van der Waals surface area contributed by atoms with Crippen molar-refractivity contribution in [3.8, 4) is 0 Å². The predicted molar refractivity (Wildman–Crippen MR) is 101 cm³/mol. The fourth-order valence-corrected chi connectivity index (χ4v) is 3.80. The summed E-state index contributed by atoms with van der Waals surface area (Å²) in [6, 6.07) is 6.15. The molecule has 1 aromatic rings. The highest BCUT2D eigenvalue weighted by molar-refractivity contribution is 7.89. The van der Waals surface area contributed by atoms with Crippen LogP contribution in [-0.2, 0) is 14.8 Å². The number of hydrogen-bond acceptors (Lipinski definition) is 5.